The molecular formula is C16H21N3OSi. The molecule has 2 aromatic rings. The van der Waals surface area contributed by atoms with E-state index in [-0.39, 0.29) is 0 Å². The summed E-state index contributed by atoms with van der Waals surface area (Å²) in [4.78, 5) is 12.9. The minimum absolute atomic E-state index is 0.661. The number of hydrogen-bond acceptors (Lipinski definition) is 4. The van der Waals surface area contributed by atoms with Gasteiger partial charge in [-0.25, -0.2) is 0 Å². The van der Waals surface area contributed by atoms with Crippen LogP contribution < -0.4 is 4.43 Å². The van der Waals surface area contributed by atoms with Crippen LogP contribution >= 0.6 is 0 Å². The molecule has 0 fully saturated rings. The Kier molecular flexibility index (Phi) is 4.85. The van der Waals surface area contributed by atoms with E-state index in [1.807, 2.05) is 31.3 Å². The molecule has 0 aliphatic carbocycles. The van der Waals surface area contributed by atoms with Crippen molar-refractivity contribution >= 4 is 20.2 Å². The number of rotatable bonds is 5. The van der Waals surface area contributed by atoms with Gasteiger partial charge < -0.3 is 4.43 Å². The van der Waals surface area contributed by atoms with E-state index in [1.54, 1.807) is 18.6 Å². The van der Waals surface area contributed by atoms with Gasteiger partial charge in [-0.05, 0) is 38.2 Å². The lowest BCUT2D eigenvalue weighted by atomic mass is 10.2. The maximum atomic E-state index is 6.11. The zero-order valence-electron chi connectivity index (χ0n) is 13.0. The predicted octanol–water partition coefficient (Wildman–Crippen LogP) is 3.94. The van der Waals surface area contributed by atoms with E-state index in [1.165, 1.54) is 0 Å². The monoisotopic (exact) mass is 299 g/mol. The SMILES string of the molecule is Cc1cccc(O[Si](C)(C)C)c1N=CCc1cnccn1. The van der Waals surface area contributed by atoms with E-state index in [0.29, 0.717) is 6.42 Å². The Morgan fingerprint density at radius 1 is 1.24 bits per heavy atom. The van der Waals surface area contributed by atoms with Crippen molar-refractivity contribution in [2.75, 3.05) is 0 Å². The molecule has 0 radical (unpaired) electrons. The number of hydrogen-bond donors (Lipinski definition) is 0. The van der Waals surface area contributed by atoms with Crippen molar-refractivity contribution in [3.8, 4) is 5.75 Å². The number of para-hydroxylation sites is 1. The van der Waals surface area contributed by atoms with Gasteiger partial charge in [-0.2, -0.15) is 0 Å². The van der Waals surface area contributed by atoms with Crippen molar-refractivity contribution < 1.29 is 4.43 Å². The van der Waals surface area contributed by atoms with Crippen molar-refractivity contribution in [1.82, 2.24) is 9.97 Å². The Hall–Kier alpha value is -2.01. The first-order valence-corrected chi connectivity index (χ1v) is 10.4. The van der Waals surface area contributed by atoms with E-state index in [0.717, 1.165) is 22.7 Å². The van der Waals surface area contributed by atoms with Crippen LogP contribution in [0.5, 0.6) is 5.75 Å². The highest BCUT2D eigenvalue weighted by Crippen LogP contribution is 2.32. The fraction of sp³-hybridized carbons (Fsp3) is 0.312. The second kappa shape index (κ2) is 6.63. The molecule has 0 N–H and O–H groups in total. The Labute approximate surface area is 127 Å². The van der Waals surface area contributed by atoms with Crippen molar-refractivity contribution in [1.29, 1.82) is 0 Å². The first kappa shape index (κ1) is 15.4. The number of nitrogens with zero attached hydrogens (tertiary/aromatic N) is 3. The normalized spacial score (nSPS) is 11.8. The highest BCUT2D eigenvalue weighted by molar-refractivity contribution is 6.70. The highest BCUT2D eigenvalue weighted by Gasteiger charge is 2.18. The van der Waals surface area contributed by atoms with Crippen molar-refractivity contribution in [3.63, 3.8) is 0 Å². The van der Waals surface area contributed by atoms with Gasteiger partial charge in [0.25, 0.3) is 0 Å². The lowest BCUT2D eigenvalue weighted by Crippen LogP contribution is -2.29. The van der Waals surface area contributed by atoms with Crippen LogP contribution in [0, 0.1) is 6.92 Å². The fourth-order valence-corrected chi connectivity index (χ4v) is 2.70. The Morgan fingerprint density at radius 3 is 2.71 bits per heavy atom. The minimum atomic E-state index is -1.65. The van der Waals surface area contributed by atoms with Crippen LogP contribution in [0.1, 0.15) is 11.3 Å². The maximum absolute atomic E-state index is 6.11. The average molecular weight is 299 g/mol. The van der Waals surface area contributed by atoms with Crippen LogP contribution in [0.3, 0.4) is 0 Å². The van der Waals surface area contributed by atoms with Gasteiger partial charge in [0.1, 0.15) is 11.4 Å². The largest absolute Gasteiger partial charge is 0.543 e. The molecule has 4 nitrogen and oxygen atoms in total. The van der Waals surface area contributed by atoms with Crippen LogP contribution in [0.4, 0.5) is 5.69 Å². The molecular weight excluding hydrogens is 278 g/mol. The lowest BCUT2D eigenvalue weighted by molar-refractivity contribution is 0.558. The molecule has 2 rings (SSSR count). The van der Waals surface area contributed by atoms with Crippen molar-refractivity contribution in [2.45, 2.75) is 33.0 Å². The summed E-state index contributed by atoms with van der Waals surface area (Å²) in [6.07, 6.45) is 7.64. The quantitative estimate of drug-likeness (QED) is 0.620. The zero-order valence-corrected chi connectivity index (χ0v) is 14.0. The van der Waals surface area contributed by atoms with Crippen molar-refractivity contribution in [2.24, 2.45) is 4.99 Å². The fourth-order valence-electron chi connectivity index (χ4n) is 1.88. The summed E-state index contributed by atoms with van der Waals surface area (Å²) < 4.78 is 6.11. The molecule has 0 aliphatic heterocycles. The number of benzene rings is 1. The average Bonchev–Trinajstić information content (AvgIpc) is 2.41. The minimum Gasteiger partial charge on any atom is -0.543 e. The molecule has 0 unspecified atom stereocenters. The second-order valence-electron chi connectivity index (χ2n) is 5.85. The summed E-state index contributed by atoms with van der Waals surface area (Å²) in [6, 6.07) is 6.04. The second-order valence-corrected chi connectivity index (χ2v) is 10.3. The van der Waals surface area contributed by atoms with Crippen LogP contribution in [0.25, 0.3) is 0 Å². The molecule has 0 saturated carbocycles. The summed E-state index contributed by atoms with van der Waals surface area (Å²) in [5.74, 6) is 0.865. The van der Waals surface area contributed by atoms with E-state index in [2.05, 4.69) is 34.6 Å². The molecule has 0 aliphatic rings. The van der Waals surface area contributed by atoms with E-state index < -0.39 is 8.32 Å². The molecule has 5 heteroatoms. The summed E-state index contributed by atoms with van der Waals surface area (Å²) >= 11 is 0. The molecule has 0 amide bonds. The van der Waals surface area contributed by atoms with E-state index >= 15 is 0 Å². The van der Waals surface area contributed by atoms with Gasteiger partial charge in [-0.1, -0.05) is 12.1 Å². The first-order chi connectivity index (χ1) is 9.96. The highest BCUT2D eigenvalue weighted by atomic mass is 28.4. The molecule has 0 atom stereocenters. The molecule has 1 aromatic heterocycles. The van der Waals surface area contributed by atoms with Crippen LogP contribution in [-0.4, -0.2) is 24.5 Å². The summed E-state index contributed by atoms with van der Waals surface area (Å²) in [6.45, 7) is 8.55. The van der Waals surface area contributed by atoms with Crippen LogP contribution in [0.2, 0.25) is 19.6 Å². The van der Waals surface area contributed by atoms with Crippen LogP contribution in [0.15, 0.2) is 41.8 Å². The van der Waals surface area contributed by atoms with E-state index in [9.17, 15) is 0 Å². The third kappa shape index (κ3) is 4.79. The van der Waals surface area contributed by atoms with Gasteiger partial charge in [0, 0.05) is 31.2 Å². The third-order valence-corrected chi connectivity index (χ3v) is 3.59. The molecule has 0 saturated heterocycles. The molecule has 110 valence electrons. The number of aryl methyl sites for hydroxylation is 1. The predicted molar refractivity (Wildman–Crippen MR) is 89.0 cm³/mol. The Morgan fingerprint density at radius 2 is 2.05 bits per heavy atom. The van der Waals surface area contributed by atoms with Gasteiger partial charge in [-0.3, -0.25) is 15.0 Å². The van der Waals surface area contributed by atoms with Gasteiger partial charge in [-0.15, -0.1) is 0 Å². The summed E-state index contributed by atoms with van der Waals surface area (Å²) in [5, 5.41) is 0. The van der Waals surface area contributed by atoms with E-state index in [4.69, 9.17) is 4.43 Å². The first-order valence-electron chi connectivity index (χ1n) is 7.02. The molecule has 1 aromatic carbocycles. The molecule has 21 heavy (non-hydrogen) atoms. The van der Waals surface area contributed by atoms with Gasteiger partial charge in [0.15, 0.2) is 0 Å². The number of aliphatic imine (C=N–C) groups is 1. The molecule has 1 heterocycles. The van der Waals surface area contributed by atoms with Gasteiger partial charge in [0.2, 0.25) is 8.32 Å². The Balaban J connectivity index is 2.19. The molecule has 0 spiro atoms. The standard InChI is InChI=1S/C16H21N3OSi/c1-13-6-5-7-15(20-21(2,3)4)16(13)19-9-8-14-12-17-10-11-18-14/h5-7,9-12H,8H2,1-4H3. The topological polar surface area (TPSA) is 47.4 Å². The summed E-state index contributed by atoms with van der Waals surface area (Å²) in [5.41, 5.74) is 2.92. The van der Waals surface area contributed by atoms with Gasteiger partial charge in [0.05, 0.1) is 5.69 Å². The maximum Gasteiger partial charge on any atom is 0.242 e. The Bertz CT molecular complexity index is 621. The van der Waals surface area contributed by atoms with Crippen LogP contribution in [-0.2, 0) is 6.42 Å². The smallest absolute Gasteiger partial charge is 0.242 e. The zero-order chi connectivity index (χ0) is 15.3. The van der Waals surface area contributed by atoms with Crippen molar-refractivity contribution in [3.05, 3.63) is 48.0 Å². The third-order valence-electron chi connectivity index (χ3n) is 2.75. The number of aromatic nitrogens is 2. The lowest BCUT2D eigenvalue weighted by Gasteiger charge is -2.21. The van der Waals surface area contributed by atoms with Gasteiger partial charge >= 0.3 is 0 Å². The molecule has 0 bridgehead atoms. The summed E-state index contributed by atoms with van der Waals surface area (Å²) in [7, 11) is -1.65.